The summed E-state index contributed by atoms with van der Waals surface area (Å²) < 4.78 is 8.76. The fraction of sp³-hybridized carbons (Fsp3) is 0.429. The molecule has 2 amide bonds. The average Bonchev–Trinajstić information content (AvgIpc) is 2.12. The first-order valence-corrected chi connectivity index (χ1v) is 3.56. The van der Waals surface area contributed by atoms with Gasteiger partial charge in [-0.1, -0.05) is 22.9 Å². The van der Waals surface area contributed by atoms with E-state index in [9.17, 15) is 9.59 Å². The van der Waals surface area contributed by atoms with E-state index in [-0.39, 0.29) is 13.2 Å². The molecular weight excluding hydrogens is 176 g/mol. The highest BCUT2D eigenvalue weighted by Gasteiger charge is 2.01. The molecule has 0 heterocycles. The lowest BCUT2D eigenvalue weighted by molar-refractivity contribution is 0.154. The van der Waals surface area contributed by atoms with Crippen LogP contribution in [-0.2, 0) is 9.47 Å². The van der Waals surface area contributed by atoms with E-state index in [0.717, 1.165) is 0 Å². The Kier molecular flexibility index (Phi) is 6.04. The van der Waals surface area contributed by atoms with Crippen molar-refractivity contribution in [2.75, 3.05) is 13.2 Å². The lowest BCUT2D eigenvalue weighted by atomic mass is 10.7. The molecule has 0 aromatic carbocycles. The van der Waals surface area contributed by atoms with Gasteiger partial charge in [-0.2, -0.15) is 0 Å². The van der Waals surface area contributed by atoms with Gasteiger partial charge in [0.1, 0.15) is 6.61 Å². The van der Waals surface area contributed by atoms with Gasteiger partial charge in [-0.05, 0) is 6.92 Å². The van der Waals surface area contributed by atoms with E-state index in [1.54, 1.807) is 6.92 Å². The third-order valence-electron chi connectivity index (χ3n) is 0.806. The van der Waals surface area contributed by atoms with Crippen molar-refractivity contribution < 1.29 is 19.1 Å². The number of nitrogens with zero attached hydrogens (tertiary/aromatic N) is 2. The fourth-order valence-electron chi connectivity index (χ4n) is 0.393. The predicted octanol–water partition coefficient (Wildman–Crippen LogP) is 1.92. The first-order valence-electron chi connectivity index (χ1n) is 3.56. The van der Waals surface area contributed by atoms with Crippen LogP contribution in [0.1, 0.15) is 6.92 Å². The second-order valence-corrected chi connectivity index (χ2v) is 1.76. The molecule has 0 saturated carbocycles. The largest absolute Gasteiger partial charge is 0.452 e. The zero-order valence-electron chi connectivity index (χ0n) is 7.23. The predicted molar refractivity (Wildman–Crippen MR) is 43.4 cm³/mol. The number of hydrogen-bond acceptors (Lipinski definition) is 4. The molecule has 0 unspecified atom stereocenters. The minimum absolute atomic E-state index is 0.0285. The van der Waals surface area contributed by atoms with Crippen LogP contribution in [-0.4, -0.2) is 25.4 Å². The molecule has 0 rings (SSSR count). The Morgan fingerprint density at radius 2 is 1.85 bits per heavy atom. The van der Waals surface area contributed by atoms with Crippen molar-refractivity contribution in [1.29, 1.82) is 0 Å². The third kappa shape index (κ3) is 6.67. The highest BCUT2D eigenvalue weighted by Crippen LogP contribution is 1.89. The first kappa shape index (κ1) is 11.3. The van der Waals surface area contributed by atoms with Gasteiger partial charge in [0.05, 0.1) is 6.61 Å². The van der Waals surface area contributed by atoms with Crippen molar-refractivity contribution >= 4 is 12.2 Å². The number of carbonyl (C=O) groups is 2. The fourth-order valence-corrected chi connectivity index (χ4v) is 0.393. The SMILES string of the molecule is C=CCOC(=O)/N=N/C(=O)OCC. The Bertz CT molecular complexity index is 225. The van der Waals surface area contributed by atoms with E-state index in [4.69, 9.17) is 0 Å². The van der Waals surface area contributed by atoms with Crippen LogP contribution in [0.3, 0.4) is 0 Å². The molecular formula is C7H10N2O4. The molecule has 0 N–H and O–H groups in total. The third-order valence-corrected chi connectivity index (χ3v) is 0.806. The van der Waals surface area contributed by atoms with Gasteiger partial charge in [-0.25, -0.2) is 9.59 Å². The lowest BCUT2D eigenvalue weighted by Crippen LogP contribution is -2.00. The molecule has 0 saturated heterocycles. The molecule has 6 nitrogen and oxygen atoms in total. The molecule has 6 heteroatoms. The zero-order valence-corrected chi connectivity index (χ0v) is 7.23. The summed E-state index contributed by atoms with van der Waals surface area (Å²) >= 11 is 0. The minimum atomic E-state index is -0.951. The summed E-state index contributed by atoms with van der Waals surface area (Å²) in [4.78, 5) is 21.1. The molecule has 0 radical (unpaired) electrons. The molecule has 0 fully saturated rings. The molecule has 0 bridgehead atoms. The van der Waals surface area contributed by atoms with Crippen LogP contribution in [0.15, 0.2) is 22.9 Å². The highest BCUT2D eigenvalue weighted by molar-refractivity contribution is 5.73. The Morgan fingerprint density at radius 3 is 2.31 bits per heavy atom. The van der Waals surface area contributed by atoms with Gasteiger partial charge in [0.2, 0.25) is 0 Å². The quantitative estimate of drug-likeness (QED) is 0.498. The van der Waals surface area contributed by atoms with Crippen LogP contribution < -0.4 is 0 Å². The van der Waals surface area contributed by atoms with Crippen LogP contribution in [0.5, 0.6) is 0 Å². The summed E-state index contributed by atoms with van der Waals surface area (Å²) in [5.74, 6) is 0. The van der Waals surface area contributed by atoms with E-state index in [1.165, 1.54) is 6.08 Å². The van der Waals surface area contributed by atoms with Crippen LogP contribution in [0.25, 0.3) is 0 Å². The molecule has 0 atom stereocenters. The van der Waals surface area contributed by atoms with Gasteiger partial charge in [0.25, 0.3) is 0 Å². The summed E-state index contributed by atoms with van der Waals surface area (Å²) in [5, 5.41) is 5.84. The van der Waals surface area contributed by atoms with E-state index >= 15 is 0 Å². The standard InChI is InChI=1S/C7H10N2O4/c1-3-5-13-7(11)9-8-6(10)12-4-2/h3H,1,4-5H2,2H3/b9-8+. The molecule has 72 valence electrons. The van der Waals surface area contributed by atoms with E-state index < -0.39 is 12.2 Å². The normalized spacial score (nSPS) is 9.62. The Labute approximate surface area is 75.2 Å². The number of hydrogen-bond donors (Lipinski definition) is 0. The molecule has 13 heavy (non-hydrogen) atoms. The zero-order chi connectivity index (χ0) is 10.1. The lowest BCUT2D eigenvalue weighted by Gasteiger charge is -1.94. The van der Waals surface area contributed by atoms with Crippen molar-refractivity contribution in [3.8, 4) is 0 Å². The minimum Gasteiger partial charge on any atom is -0.447 e. The maximum Gasteiger partial charge on any atom is 0.452 e. The monoisotopic (exact) mass is 186 g/mol. The average molecular weight is 186 g/mol. The molecule has 0 spiro atoms. The number of rotatable bonds is 3. The van der Waals surface area contributed by atoms with Gasteiger partial charge >= 0.3 is 12.2 Å². The van der Waals surface area contributed by atoms with E-state index in [2.05, 4.69) is 26.3 Å². The molecule has 0 aliphatic rings. The van der Waals surface area contributed by atoms with Crippen molar-refractivity contribution in [3.63, 3.8) is 0 Å². The molecule has 0 aliphatic heterocycles. The van der Waals surface area contributed by atoms with Crippen LogP contribution in [0, 0.1) is 0 Å². The van der Waals surface area contributed by atoms with Gasteiger partial charge < -0.3 is 9.47 Å². The van der Waals surface area contributed by atoms with Gasteiger partial charge in [-0.3, -0.25) is 0 Å². The molecule has 0 aliphatic carbocycles. The topological polar surface area (TPSA) is 77.3 Å². The summed E-state index contributed by atoms with van der Waals surface area (Å²) in [6.07, 6.45) is -0.497. The van der Waals surface area contributed by atoms with E-state index in [1.807, 2.05) is 0 Å². The second kappa shape index (κ2) is 6.96. The molecule has 0 aromatic rings. The van der Waals surface area contributed by atoms with Crippen LogP contribution >= 0.6 is 0 Å². The van der Waals surface area contributed by atoms with Crippen molar-refractivity contribution in [2.45, 2.75) is 6.92 Å². The second-order valence-electron chi connectivity index (χ2n) is 1.76. The van der Waals surface area contributed by atoms with Crippen molar-refractivity contribution in [3.05, 3.63) is 12.7 Å². The van der Waals surface area contributed by atoms with Gasteiger partial charge in [-0.15, -0.1) is 0 Å². The van der Waals surface area contributed by atoms with Gasteiger partial charge in [0, 0.05) is 0 Å². The van der Waals surface area contributed by atoms with Crippen LogP contribution in [0.4, 0.5) is 9.59 Å². The first-order chi connectivity index (χ1) is 6.20. The summed E-state index contributed by atoms with van der Waals surface area (Å²) in [5.41, 5.74) is 0. The summed E-state index contributed by atoms with van der Waals surface area (Å²) in [6, 6.07) is 0. The van der Waals surface area contributed by atoms with Crippen molar-refractivity contribution in [2.24, 2.45) is 10.2 Å². The highest BCUT2D eigenvalue weighted by atomic mass is 16.6. The number of carbonyl (C=O) groups excluding carboxylic acids is 2. The number of azo groups is 1. The number of ether oxygens (including phenoxy) is 2. The Balaban J connectivity index is 3.75. The van der Waals surface area contributed by atoms with Crippen molar-refractivity contribution in [1.82, 2.24) is 0 Å². The molecule has 0 aromatic heterocycles. The smallest absolute Gasteiger partial charge is 0.447 e. The Morgan fingerprint density at radius 1 is 1.31 bits per heavy atom. The van der Waals surface area contributed by atoms with E-state index in [0.29, 0.717) is 0 Å². The van der Waals surface area contributed by atoms with Crippen LogP contribution in [0.2, 0.25) is 0 Å². The maximum absolute atomic E-state index is 10.6. The summed E-state index contributed by atoms with van der Waals surface area (Å²) in [7, 11) is 0. The Hall–Kier alpha value is -1.72. The summed E-state index contributed by atoms with van der Waals surface area (Å²) in [6.45, 7) is 5.14. The maximum atomic E-state index is 10.6. The van der Waals surface area contributed by atoms with Gasteiger partial charge in [0.15, 0.2) is 0 Å². The number of amides is 2.